The molecule has 1 atom stereocenters. The number of halogens is 2. The van der Waals surface area contributed by atoms with Crippen molar-refractivity contribution in [1.82, 2.24) is 5.32 Å². The van der Waals surface area contributed by atoms with Crippen LogP contribution in [0.1, 0.15) is 0 Å². The molecule has 0 aromatic rings. The minimum atomic E-state index is -0.0217. The lowest BCUT2D eigenvalue weighted by Crippen LogP contribution is -2.28. The number of aliphatic imine (C=N–C) groups is 2. The summed E-state index contributed by atoms with van der Waals surface area (Å²) in [5.41, 5.74) is 0.734. The third-order valence-corrected chi connectivity index (χ3v) is 3.26. The molecule has 1 N–H and O–H groups in total. The summed E-state index contributed by atoms with van der Waals surface area (Å²) < 4.78 is -0.0217. The van der Waals surface area contributed by atoms with E-state index >= 15 is 0 Å². The van der Waals surface area contributed by atoms with Crippen molar-refractivity contribution in [1.29, 1.82) is 0 Å². The molecule has 12 heavy (non-hydrogen) atoms. The van der Waals surface area contributed by atoms with Gasteiger partial charge in [-0.25, -0.2) is 9.98 Å². The maximum atomic E-state index is 5.88. The zero-order valence-electron chi connectivity index (χ0n) is 5.71. The largest absolute Gasteiger partial charge is 0.314 e. The average molecular weight is 312 g/mol. The number of alkyl halides is 1. The van der Waals surface area contributed by atoms with E-state index in [1.807, 2.05) is 0 Å². The van der Waals surface area contributed by atoms with Gasteiger partial charge in [-0.2, -0.15) is 0 Å². The van der Waals surface area contributed by atoms with Crippen LogP contribution in [0.25, 0.3) is 0 Å². The lowest BCUT2D eigenvalue weighted by molar-refractivity contribution is 1.15. The second-order valence-electron chi connectivity index (χ2n) is 2.27. The highest BCUT2D eigenvalue weighted by atomic mass is 127. The van der Waals surface area contributed by atoms with Gasteiger partial charge in [-0.3, -0.25) is 0 Å². The summed E-state index contributed by atoms with van der Waals surface area (Å²) in [6.45, 7) is 0. The first kappa shape index (κ1) is 8.58. The fraction of sp³-hybridized carbons (Fsp3) is 0.167. The Morgan fingerprint density at radius 2 is 2.42 bits per heavy atom. The Bertz CT molecular complexity index is 347. The minimum absolute atomic E-state index is 0.0217. The summed E-state index contributed by atoms with van der Waals surface area (Å²) in [5.74, 6) is 0.726. The van der Waals surface area contributed by atoms with Crippen LogP contribution in [0.15, 0.2) is 21.1 Å². The molecule has 2 rings (SSSR count). The van der Waals surface area contributed by atoms with E-state index in [9.17, 15) is 0 Å². The average Bonchev–Trinajstić information content (AvgIpc) is 2.30. The van der Waals surface area contributed by atoms with E-state index in [1.165, 1.54) is 0 Å². The monoisotopic (exact) mass is 311 g/mol. The van der Waals surface area contributed by atoms with Gasteiger partial charge in [-0.05, 0) is 18.3 Å². The van der Waals surface area contributed by atoms with Crippen molar-refractivity contribution in [3.63, 3.8) is 0 Å². The van der Waals surface area contributed by atoms with Gasteiger partial charge in [-0.15, -0.1) is 0 Å². The van der Waals surface area contributed by atoms with Crippen LogP contribution in [0.2, 0.25) is 0 Å². The van der Waals surface area contributed by atoms with Gasteiger partial charge >= 0.3 is 0 Å². The molecule has 6 heteroatoms. The molecule has 0 aliphatic carbocycles. The maximum absolute atomic E-state index is 5.88. The van der Waals surface area contributed by atoms with Crippen LogP contribution >= 0.6 is 46.4 Å². The number of nitrogens with one attached hydrogen (secondary N) is 1. The molecule has 3 nitrogen and oxygen atoms in total. The van der Waals surface area contributed by atoms with Crippen LogP contribution in [-0.2, 0) is 0 Å². The molecule has 62 valence electrons. The quantitative estimate of drug-likeness (QED) is 0.319. The maximum Gasteiger partial charge on any atom is 0.199 e. The van der Waals surface area contributed by atoms with Crippen molar-refractivity contribution in [2.75, 3.05) is 0 Å². The van der Waals surface area contributed by atoms with Crippen LogP contribution in [0.5, 0.6) is 0 Å². The Labute approximate surface area is 93.1 Å². The van der Waals surface area contributed by atoms with Crippen molar-refractivity contribution in [2.24, 2.45) is 9.98 Å². The highest BCUT2D eigenvalue weighted by Gasteiger charge is 2.23. The number of rotatable bonds is 0. The zero-order valence-corrected chi connectivity index (χ0v) is 9.44. The normalized spacial score (nSPS) is 27.0. The number of nitrogens with zero attached hydrogens (tertiary/aromatic N) is 2. The summed E-state index contributed by atoms with van der Waals surface area (Å²) >= 11 is 12.9. The van der Waals surface area contributed by atoms with E-state index in [4.69, 9.17) is 23.8 Å². The summed E-state index contributed by atoms with van der Waals surface area (Å²) in [6, 6.07) is 0. The van der Waals surface area contributed by atoms with E-state index in [0.717, 1.165) is 11.5 Å². The molecule has 0 fully saturated rings. The lowest BCUT2D eigenvalue weighted by atomic mass is 10.2. The lowest BCUT2D eigenvalue weighted by Gasteiger charge is -2.10. The van der Waals surface area contributed by atoms with Gasteiger partial charge in [0, 0.05) is 0 Å². The predicted octanol–water partition coefficient (Wildman–Crippen LogP) is 1.61. The molecule has 0 amide bonds. The molecule has 0 bridgehead atoms. The van der Waals surface area contributed by atoms with E-state index in [2.05, 4.69) is 37.9 Å². The third kappa shape index (κ3) is 1.40. The van der Waals surface area contributed by atoms with Crippen LogP contribution in [-0.4, -0.2) is 20.7 Å². The molecule has 2 aliphatic heterocycles. The second-order valence-corrected chi connectivity index (χ2v) is 4.27. The van der Waals surface area contributed by atoms with E-state index in [0.29, 0.717) is 10.1 Å². The van der Waals surface area contributed by atoms with Gasteiger partial charge in [0.15, 0.2) is 10.9 Å². The van der Waals surface area contributed by atoms with Crippen molar-refractivity contribution in [3.05, 3.63) is 11.1 Å². The van der Waals surface area contributed by atoms with Gasteiger partial charge in [0.05, 0.1) is 5.03 Å². The molecular formula is C6H3ClIN3S. The van der Waals surface area contributed by atoms with Gasteiger partial charge in [-0.1, -0.05) is 34.2 Å². The molecule has 0 aromatic heterocycles. The molecule has 0 saturated carbocycles. The number of amidine groups is 1. The summed E-state index contributed by atoms with van der Waals surface area (Å²) in [7, 11) is 0. The topological polar surface area (TPSA) is 36.8 Å². The van der Waals surface area contributed by atoms with Gasteiger partial charge in [0.1, 0.15) is 9.76 Å². The number of dihydropyridines is 1. The number of hydrogen-bond acceptors (Lipinski definition) is 2. The van der Waals surface area contributed by atoms with Crippen molar-refractivity contribution in [2.45, 2.75) is 4.05 Å². The Kier molecular flexibility index (Phi) is 2.18. The summed E-state index contributed by atoms with van der Waals surface area (Å²) in [4.78, 5) is 8.29. The molecule has 0 saturated heterocycles. The van der Waals surface area contributed by atoms with E-state index < -0.39 is 0 Å². The molecule has 0 radical (unpaired) electrons. The SMILES string of the molecule is S=C1N=C2C=C(Cl)C(I)N=C2N1. The molecular weight excluding hydrogens is 309 g/mol. The third-order valence-electron chi connectivity index (χ3n) is 1.43. The molecule has 2 aliphatic rings. The minimum Gasteiger partial charge on any atom is -0.314 e. The van der Waals surface area contributed by atoms with Crippen molar-refractivity contribution in [3.8, 4) is 0 Å². The van der Waals surface area contributed by atoms with Crippen LogP contribution in [0, 0.1) is 0 Å². The molecule has 2 heterocycles. The van der Waals surface area contributed by atoms with Gasteiger partial charge in [0.25, 0.3) is 0 Å². The summed E-state index contributed by atoms with van der Waals surface area (Å²) in [6.07, 6.45) is 1.79. The Hall–Kier alpha value is -0.0100. The Balaban J connectivity index is 2.43. The van der Waals surface area contributed by atoms with Crippen LogP contribution in [0.4, 0.5) is 0 Å². The van der Waals surface area contributed by atoms with Crippen molar-refractivity contribution < 1.29 is 0 Å². The molecule has 0 spiro atoms. The Morgan fingerprint density at radius 3 is 3.17 bits per heavy atom. The van der Waals surface area contributed by atoms with Gasteiger partial charge < -0.3 is 5.32 Å². The fourth-order valence-electron chi connectivity index (χ4n) is 0.929. The molecule has 0 aromatic carbocycles. The van der Waals surface area contributed by atoms with E-state index in [1.54, 1.807) is 6.08 Å². The molecule has 1 unspecified atom stereocenters. The highest BCUT2D eigenvalue weighted by Crippen LogP contribution is 2.23. The number of fused-ring (bicyclic) bond motifs is 1. The second kappa shape index (κ2) is 3.04. The first-order valence-corrected chi connectivity index (χ1v) is 5.19. The summed E-state index contributed by atoms with van der Waals surface area (Å²) in [5, 5.41) is 4.01. The first-order valence-electron chi connectivity index (χ1n) is 3.16. The highest BCUT2D eigenvalue weighted by molar-refractivity contribution is 14.1. The standard InChI is InChI=1S/C6H3ClIN3S/c7-2-1-3-5(10-4(2)8)11-6(12)9-3/h1,4H,(H,10,11,12). The zero-order chi connectivity index (χ0) is 8.72. The smallest absolute Gasteiger partial charge is 0.199 e. The van der Waals surface area contributed by atoms with Crippen LogP contribution < -0.4 is 5.32 Å². The van der Waals surface area contributed by atoms with Crippen molar-refractivity contribution >= 4 is 63.1 Å². The fourth-order valence-corrected chi connectivity index (χ4v) is 1.73. The van der Waals surface area contributed by atoms with E-state index in [-0.39, 0.29) is 4.05 Å². The Morgan fingerprint density at radius 1 is 1.67 bits per heavy atom. The van der Waals surface area contributed by atoms with Gasteiger partial charge in [0.2, 0.25) is 0 Å². The predicted molar refractivity (Wildman–Crippen MR) is 62.3 cm³/mol. The number of thiocarbonyl (C=S) groups is 1. The number of hydrogen-bond donors (Lipinski definition) is 1. The first-order chi connectivity index (χ1) is 5.66. The van der Waals surface area contributed by atoms with Crippen LogP contribution in [0.3, 0.4) is 0 Å².